The highest BCUT2D eigenvalue weighted by molar-refractivity contribution is 6.20. The molecule has 0 radical (unpaired) electrons. The van der Waals surface area contributed by atoms with E-state index in [0.29, 0.717) is 0 Å². The van der Waals surface area contributed by atoms with E-state index in [1.165, 1.54) is 71.9 Å². The van der Waals surface area contributed by atoms with Crippen molar-refractivity contribution in [2.24, 2.45) is 0 Å². The normalized spacial score (nSPS) is 16.2. The second kappa shape index (κ2) is 8.22. The van der Waals surface area contributed by atoms with Gasteiger partial charge in [0.2, 0.25) is 0 Å². The molecule has 0 saturated carbocycles. The first kappa shape index (κ1) is 22.4. The van der Waals surface area contributed by atoms with Crippen LogP contribution in [-0.4, -0.2) is 4.98 Å². The first-order valence-electron chi connectivity index (χ1n) is 13.9. The molecule has 1 aliphatic heterocycles. The number of anilines is 2. The van der Waals surface area contributed by atoms with Crippen molar-refractivity contribution in [3.63, 3.8) is 0 Å². The molecule has 0 amide bonds. The molecule has 2 aliphatic rings. The summed E-state index contributed by atoms with van der Waals surface area (Å²) in [5, 5.41) is 5.16. The number of nitrogens with zero attached hydrogens (tertiary/aromatic N) is 1. The van der Waals surface area contributed by atoms with Crippen LogP contribution in [0, 0.1) is 0 Å². The van der Waals surface area contributed by atoms with Crippen LogP contribution in [0.3, 0.4) is 0 Å². The Labute approximate surface area is 228 Å². The lowest BCUT2D eigenvalue weighted by Crippen LogP contribution is -2.36. The van der Waals surface area contributed by atoms with Gasteiger partial charge < -0.3 is 9.88 Å². The number of hydrogen-bond donors (Lipinski definition) is 1. The van der Waals surface area contributed by atoms with Gasteiger partial charge in [0, 0.05) is 38.6 Å². The molecule has 0 spiro atoms. The molecule has 2 nitrogen and oxygen atoms in total. The predicted molar refractivity (Wildman–Crippen MR) is 166 cm³/mol. The highest BCUT2D eigenvalue weighted by Crippen LogP contribution is 2.52. The van der Waals surface area contributed by atoms with Gasteiger partial charge in [0.25, 0.3) is 0 Å². The molecule has 0 fully saturated rings. The highest BCUT2D eigenvalue weighted by atomic mass is 15.2. The van der Waals surface area contributed by atoms with E-state index < -0.39 is 0 Å². The van der Waals surface area contributed by atoms with Crippen molar-refractivity contribution < 1.29 is 0 Å². The summed E-state index contributed by atoms with van der Waals surface area (Å²) >= 11 is 0. The summed E-state index contributed by atoms with van der Waals surface area (Å²) in [6, 6.07) is 37.9. The van der Waals surface area contributed by atoms with Gasteiger partial charge in [-0.2, -0.15) is 0 Å². The molecule has 5 aromatic carbocycles. The van der Waals surface area contributed by atoms with Gasteiger partial charge in [-0.15, -0.1) is 0 Å². The Morgan fingerprint density at radius 1 is 0.667 bits per heavy atom. The Balaban J connectivity index is 1.34. The minimum Gasteiger partial charge on any atom is -0.354 e. The number of para-hydroxylation sites is 1. The number of fused-ring (bicyclic) bond motifs is 7. The zero-order valence-corrected chi connectivity index (χ0v) is 22.3. The number of rotatable bonds is 2. The van der Waals surface area contributed by atoms with Crippen LogP contribution in [0.25, 0.3) is 43.7 Å². The fourth-order valence-corrected chi connectivity index (χ4v) is 6.84. The van der Waals surface area contributed by atoms with Crippen molar-refractivity contribution >= 4 is 44.0 Å². The molecule has 1 aliphatic carbocycles. The summed E-state index contributed by atoms with van der Waals surface area (Å²) in [6.45, 7) is 4.77. The fourth-order valence-electron chi connectivity index (χ4n) is 6.84. The van der Waals surface area contributed by atoms with Gasteiger partial charge in [0.1, 0.15) is 0 Å². The van der Waals surface area contributed by atoms with Crippen LogP contribution in [0.2, 0.25) is 0 Å². The zero-order valence-electron chi connectivity index (χ0n) is 22.3. The standard InChI is InChI=1S/C37H30N2/c1-37(2)30-14-8-9-15-34(30)39(27-11-4-3-5-12-27)35-21-18-26(23-31(35)37)25-17-19-32-29(22-25)36-28-13-7-6-10-24(28)16-20-33(36)38-32/h3-7,10-23,38H,8-9H2,1-2H3. The molecule has 188 valence electrons. The van der Waals surface area contributed by atoms with Crippen molar-refractivity contribution in [1.82, 2.24) is 4.98 Å². The summed E-state index contributed by atoms with van der Waals surface area (Å²) in [4.78, 5) is 6.11. The van der Waals surface area contributed by atoms with E-state index in [1.807, 2.05) is 0 Å². The van der Waals surface area contributed by atoms with E-state index in [0.717, 1.165) is 12.8 Å². The first-order chi connectivity index (χ1) is 19.1. The quantitative estimate of drug-likeness (QED) is 0.249. The van der Waals surface area contributed by atoms with Crippen molar-refractivity contribution in [1.29, 1.82) is 0 Å². The van der Waals surface area contributed by atoms with Crippen LogP contribution in [0.4, 0.5) is 11.4 Å². The summed E-state index contributed by atoms with van der Waals surface area (Å²) in [5.74, 6) is 0. The van der Waals surface area contributed by atoms with Crippen LogP contribution in [0.15, 0.2) is 127 Å². The molecule has 0 atom stereocenters. The number of H-pyrrole nitrogens is 1. The monoisotopic (exact) mass is 502 g/mol. The van der Waals surface area contributed by atoms with Crippen molar-refractivity contribution in [3.05, 3.63) is 132 Å². The molecule has 0 saturated heterocycles. The minimum absolute atomic E-state index is 0.0794. The second-order valence-corrected chi connectivity index (χ2v) is 11.4. The number of hydrogen-bond acceptors (Lipinski definition) is 1. The molecular formula is C37H30N2. The van der Waals surface area contributed by atoms with Crippen molar-refractivity contribution in [2.75, 3.05) is 4.90 Å². The van der Waals surface area contributed by atoms with Gasteiger partial charge in [0.05, 0.1) is 5.69 Å². The van der Waals surface area contributed by atoms with E-state index in [9.17, 15) is 0 Å². The molecule has 0 bridgehead atoms. The molecule has 8 rings (SSSR count). The maximum atomic E-state index is 3.65. The highest BCUT2D eigenvalue weighted by Gasteiger charge is 2.40. The van der Waals surface area contributed by atoms with E-state index in [1.54, 1.807) is 0 Å². The first-order valence-corrected chi connectivity index (χ1v) is 13.9. The number of benzene rings is 5. The third-order valence-electron chi connectivity index (χ3n) is 8.79. The fraction of sp³-hybridized carbons (Fsp3) is 0.135. The average Bonchev–Trinajstić information content (AvgIpc) is 3.36. The topological polar surface area (TPSA) is 19.0 Å². The van der Waals surface area contributed by atoms with Crippen molar-refractivity contribution in [3.8, 4) is 11.1 Å². The number of nitrogens with one attached hydrogen (secondary N) is 1. The molecule has 2 heterocycles. The second-order valence-electron chi connectivity index (χ2n) is 11.4. The van der Waals surface area contributed by atoms with Crippen molar-refractivity contribution in [2.45, 2.75) is 32.1 Å². The smallest absolute Gasteiger partial charge is 0.0502 e. The molecule has 2 heteroatoms. The maximum absolute atomic E-state index is 3.65. The van der Waals surface area contributed by atoms with Gasteiger partial charge in [-0.3, -0.25) is 0 Å². The third-order valence-corrected chi connectivity index (χ3v) is 8.79. The average molecular weight is 503 g/mol. The Bertz CT molecular complexity index is 1990. The SMILES string of the molecule is CC1(C)C2=CCCC=C2N(c2ccccc2)c2ccc(-c3ccc4[nH]c5ccc6ccccc6c5c4c3)cc21. The third kappa shape index (κ3) is 3.28. The van der Waals surface area contributed by atoms with Gasteiger partial charge >= 0.3 is 0 Å². The van der Waals surface area contributed by atoms with E-state index >= 15 is 0 Å². The van der Waals surface area contributed by atoms with E-state index in [2.05, 4.69) is 139 Å². The molecule has 0 unspecified atom stereocenters. The summed E-state index contributed by atoms with van der Waals surface area (Å²) in [5.41, 5.74) is 11.4. The molecule has 1 N–H and O–H groups in total. The molecule has 6 aromatic rings. The van der Waals surface area contributed by atoms with Crippen LogP contribution >= 0.6 is 0 Å². The maximum Gasteiger partial charge on any atom is 0.0502 e. The van der Waals surface area contributed by atoms with Crippen LogP contribution in [0.1, 0.15) is 32.3 Å². The number of aromatic amines is 1. The Hall–Kier alpha value is -4.56. The molecular weight excluding hydrogens is 472 g/mol. The summed E-state index contributed by atoms with van der Waals surface area (Å²) in [7, 11) is 0. The summed E-state index contributed by atoms with van der Waals surface area (Å²) < 4.78 is 0. The Morgan fingerprint density at radius 3 is 2.31 bits per heavy atom. The van der Waals surface area contributed by atoms with Gasteiger partial charge in [-0.05, 0) is 88.3 Å². The van der Waals surface area contributed by atoms with E-state index in [4.69, 9.17) is 0 Å². The van der Waals surface area contributed by atoms with Gasteiger partial charge in [-0.25, -0.2) is 0 Å². The lowest BCUT2D eigenvalue weighted by atomic mass is 9.70. The van der Waals surface area contributed by atoms with Crippen LogP contribution in [0.5, 0.6) is 0 Å². The van der Waals surface area contributed by atoms with Gasteiger partial charge in [0.15, 0.2) is 0 Å². The number of aromatic nitrogens is 1. The summed E-state index contributed by atoms with van der Waals surface area (Å²) in [6.07, 6.45) is 7.08. The minimum atomic E-state index is -0.0794. The lowest BCUT2D eigenvalue weighted by Gasteiger charge is -2.45. The van der Waals surface area contributed by atoms with Crippen LogP contribution in [-0.2, 0) is 5.41 Å². The Kier molecular flexibility index (Phi) is 4.73. The predicted octanol–water partition coefficient (Wildman–Crippen LogP) is 10.2. The van der Waals surface area contributed by atoms with Gasteiger partial charge in [-0.1, -0.05) is 86.7 Å². The van der Waals surface area contributed by atoms with Crippen LogP contribution < -0.4 is 4.90 Å². The van der Waals surface area contributed by atoms with E-state index in [-0.39, 0.29) is 5.41 Å². The molecule has 39 heavy (non-hydrogen) atoms. The largest absolute Gasteiger partial charge is 0.354 e. The Morgan fingerprint density at radius 2 is 1.41 bits per heavy atom. The molecule has 1 aromatic heterocycles. The zero-order chi connectivity index (χ0) is 26.1. The number of allylic oxidation sites excluding steroid dienone is 3. The lowest BCUT2D eigenvalue weighted by molar-refractivity contribution is 0.603.